The summed E-state index contributed by atoms with van der Waals surface area (Å²) in [5.41, 5.74) is 7.33. The Morgan fingerprint density at radius 1 is 1.47 bits per heavy atom. The lowest BCUT2D eigenvalue weighted by molar-refractivity contribution is 0.0950. The van der Waals surface area contributed by atoms with Crippen LogP contribution >= 0.6 is 11.6 Å². The number of halogens is 1. The van der Waals surface area contributed by atoms with Crippen LogP contribution in [0.25, 0.3) is 0 Å². The van der Waals surface area contributed by atoms with Crippen molar-refractivity contribution >= 4 is 23.2 Å². The first kappa shape index (κ1) is 11.5. The molecule has 0 radical (unpaired) electrons. The maximum atomic E-state index is 11.8. The molecule has 0 saturated carbocycles. The van der Waals surface area contributed by atoms with Gasteiger partial charge in [-0.3, -0.25) is 9.89 Å². The fourth-order valence-electron chi connectivity index (χ4n) is 1.33. The number of aromatic nitrogens is 2. The van der Waals surface area contributed by atoms with E-state index in [0.29, 0.717) is 22.8 Å². The molecule has 17 heavy (non-hydrogen) atoms. The van der Waals surface area contributed by atoms with Crippen molar-refractivity contribution in [1.29, 1.82) is 0 Å². The molecule has 88 valence electrons. The van der Waals surface area contributed by atoms with E-state index in [4.69, 9.17) is 17.3 Å². The summed E-state index contributed by atoms with van der Waals surface area (Å²) in [6.07, 6.45) is 1.63. The van der Waals surface area contributed by atoms with Gasteiger partial charge in [0, 0.05) is 11.8 Å². The summed E-state index contributed by atoms with van der Waals surface area (Å²) in [6, 6.07) is 6.56. The average molecular weight is 251 g/mol. The number of nitrogens with one attached hydrogen (secondary N) is 2. The van der Waals surface area contributed by atoms with Gasteiger partial charge in [0.1, 0.15) is 0 Å². The molecule has 0 aliphatic heterocycles. The van der Waals surface area contributed by atoms with Gasteiger partial charge in [-0.2, -0.15) is 5.10 Å². The van der Waals surface area contributed by atoms with Gasteiger partial charge in [-0.1, -0.05) is 11.6 Å². The quantitative estimate of drug-likeness (QED) is 0.723. The van der Waals surface area contributed by atoms with Crippen LogP contribution in [-0.4, -0.2) is 16.1 Å². The Balaban J connectivity index is 2.02. The van der Waals surface area contributed by atoms with Crippen LogP contribution in [0.2, 0.25) is 5.02 Å². The van der Waals surface area contributed by atoms with Crippen molar-refractivity contribution in [2.75, 3.05) is 5.73 Å². The molecule has 0 atom stereocenters. The maximum absolute atomic E-state index is 11.8. The van der Waals surface area contributed by atoms with Crippen LogP contribution < -0.4 is 11.1 Å². The van der Waals surface area contributed by atoms with Crippen molar-refractivity contribution in [3.63, 3.8) is 0 Å². The summed E-state index contributed by atoms with van der Waals surface area (Å²) in [6.45, 7) is 0.390. The van der Waals surface area contributed by atoms with Crippen molar-refractivity contribution in [3.8, 4) is 0 Å². The van der Waals surface area contributed by atoms with Crippen molar-refractivity contribution < 1.29 is 4.79 Å². The van der Waals surface area contributed by atoms with E-state index < -0.39 is 0 Å². The van der Waals surface area contributed by atoms with Crippen LogP contribution in [0.15, 0.2) is 30.5 Å². The normalized spacial score (nSPS) is 10.2. The lowest BCUT2D eigenvalue weighted by Crippen LogP contribution is -2.23. The van der Waals surface area contributed by atoms with Gasteiger partial charge in [-0.25, -0.2) is 0 Å². The molecule has 0 spiro atoms. The van der Waals surface area contributed by atoms with Gasteiger partial charge in [0.25, 0.3) is 5.91 Å². The Hall–Kier alpha value is -2.01. The monoisotopic (exact) mass is 250 g/mol. The molecule has 1 amide bonds. The highest BCUT2D eigenvalue weighted by Gasteiger charge is 2.07. The number of aromatic amines is 1. The molecular weight excluding hydrogens is 240 g/mol. The van der Waals surface area contributed by atoms with Crippen LogP contribution in [0.4, 0.5) is 5.69 Å². The van der Waals surface area contributed by atoms with Gasteiger partial charge in [-0.15, -0.1) is 0 Å². The lowest BCUT2D eigenvalue weighted by atomic mass is 10.2. The predicted molar refractivity (Wildman–Crippen MR) is 65.6 cm³/mol. The molecule has 1 aromatic heterocycles. The summed E-state index contributed by atoms with van der Waals surface area (Å²) < 4.78 is 0. The van der Waals surface area contributed by atoms with E-state index in [2.05, 4.69) is 15.5 Å². The average Bonchev–Trinajstić information content (AvgIpc) is 2.82. The molecule has 1 heterocycles. The third-order valence-corrected chi connectivity index (χ3v) is 2.59. The van der Waals surface area contributed by atoms with E-state index in [0.717, 1.165) is 5.69 Å². The largest absolute Gasteiger partial charge is 0.398 e. The van der Waals surface area contributed by atoms with E-state index in [1.54, 1.807) is 30.5 Å². The molecule has 6 heteroatoms. The van der Waals surface area contributed by atoms with Crippen LogP contribution in [0.3, 0.4) is 0 Å². The van der Waals surface area contributed by atoms with Gasteiger partial charge in [-0.05, 0) is 24.3 Å². The molecule has 0 saturated heterocycles. The zero-order chi connectivity index (χ0) is 12.3. The fourth-order valence-corrected chi connectivity index (χ4v) is 1.51. The van der Waals surface area contributed by atoms with Gasteiger partial charge in [0.05, 0.1) is 22.9 Å². The Kier molecular flexibility index (Phi) is 3.30. The highest BCUT2D eigenvalue weighted by atomic mass is 35.5. The van der Waals surface area contributed by atoms with Crippen LogP contribution in [0, 0.1) is 0 Å². The number of benzene rings is 1. The smallest absolute Gasteiger partial charge is 0.251 e. The molecule has 0 fully saturated rings. The first-order valence-electron chi connectivity index (χ1n) is 4.98. The summed E-state index contributed by atoms with van der Waals surface area (Å²) in [5, 5.41) is 9.65. The maximum Gasteiger partial charge on any atom is 0.251 e. The van der Waals surface area contributed by atoms with Crippen molar-refractivity contribution in [1.82, 2.24) is 15.5 Å². The summed E-state index contributed by atoms with van der Waals surface area (Å²) >= 11 is 5.84. The number of hydrogen-bond acceptors (Lipinski definition) is 3. The zero-order valence-electron chi connectivity index (χ0n) is 8.90. The molecule has 2 rings (SSSR count). The molecule has 0 unspecified atom stereocenters. The van der Waals surface area contributed by atoms with Crippen LogP contribution in [0.5, 0.6) is 0 Å². The van der Waals surface area contributed by atoms with E-state index in [9.17, 15) is 4.79 Å². The van der Waals surface area contributed by atoms with Crippen LogP contribution in [-0.2, 0) is 6.54 Å². The summed E-state index contributed by atoms with van der Waals surface area (Å²) in [4.78, 5) is 11.8. The first-order chi connectivity index (χ1) is 8.16. The second-order valence-electron chi connectivity index (χ2n) is 3.50. The predicted octanol–water partition coefficient (Wildman–Crippen LogP) is 1.58. The number of carbonyl (C=O) groups excluding carboxylic acids is 1. The van der Waals surface area contributed by atoms with Crippen molar-refractivity contribution in [3.05, 3.63) is 46.7 Å². The standard InChI is InChI=1S/C11H11ClN4O/c12-9-5-7(1-2-10(9)13)11(17)14-6-8-3-4-15-16-8/h1-5H,6,13H2,(H,14,17)(H,15,16). The highest BCUT2D eigenvalue weighted by Crippen LogP contribution is 2.19. The number of amides is 1. The second kappa shape index (κ2) is 4.88. The molecule has 1 aromatic carbocycles. The Bertz CT molecular complexity index is 524. The lowest BCUT2D eigenvalue weighted by Gasteiger charge is -2.05. The number of rotatable bonds is 3. The SMILES string of the molecule is Nc1ccc(C(=O)NCc2ccn[nH]2)cc1Cl. The molecule has 0 aliphatic rings. The molecule has 0 aliphatic carbocycles. The number of carbonyl (C=O) groups is 1. The number of nitrogens with zero attached hydrogens (tertiary/aromatic N) is 1. The Morgan fingerprint density at radius 2 is 2.29 bits per heavy atom. The zero-order valence-corrected chi connectivity index (χ0v) is 9.66. The van der Waals surface area contributed by atoms with Gasteiger partial charge >= 0.3 is 0 Å². The minimum absolute atomic E-state index is 0.207. The van der Waals surface area contributed by atoms with Gasteiger partial charge < -0.3 is 11.1 Å². The van der Waals surface area contributed by atoms with Gasteiger partial charge in [0.15, 0.2) is 0 Å². The fraction of sp³-hybridized carbons (Fsp3) is 0.0909. The second-order valence-corrected chi connectivity index (χ2v) is 3.91. The number of nitrogen functional groups attached to an aromatic ring is 1. The summed E-state index contributed by atoms with van der Waals surface area (Å²) in [7, 11) is 0. The topological polar surface area (TPSA) is 83.8 Å². The number of H-pyrrole nitrogens is 1. The Morgan fingerprint density at radius 3 is 2.94 bits per heavy atom. The number of hydrogen-bond donors (Lipinski definition) is 3. The van der Waals surface area contributed by atoms with Gasteiger partial charge in [0.2, 0.25) is 0 Å². The number of nitrogens with two attached hydrogens (primary N) is 1. The van der Waals surface area contributed by atoms with Crippen LogP contribution in [0.1, 0.15) is 16.1 Å². The molecule has 2 aromatic rings. The first-order valence-corrected chi connectivity index (χ1v) is 5.36. The molecular formula is C11H11ClN4O. The van der Waals surface area contributed by atoms with E-state index in [1.165, 1.54) is 0 Å². The third-order valence-electron chi connectivity index (χ3n) is 2.26. The minimum atomic E-state index is -0.207. The molecule has 0 bridgehead atoms. The van der Waals surface area contributed by atoms with Crippen molar-refractivity contribution in [2.45, 2.75) is 6.54 Å². The third kappa shape index (κ3) is 2.76. The van der Waals surface area contributed by atoms with Crippen molar-refractivity contribution in [2.24, 2.45) is 0 Å². The summed E-state index contributed by atoms with van der Waals surface area (Å²) in [5.74, 6) is -0.207. The van der Waals surface area contributed by atoms with E-state index >= 15 is 0 Å². The van der Waals surface area contributed by atoms with E-state index in [-0.39, 0.29) is 5.91 Å². The Labute approximate surface area is 103 Å². The number of anilines is 1. The molecule has 4 N–H and O–H groups in total. The molecule has 5 nitrogen and oxygen atoms in total. The highest BCUT2D eigenvalue weighted by molar-refractivity contribution is 6.33. The van der Waals surface area contributed by atoms with E-state index in [1.807, 2.05) is 0 Å². The minimum Gasteiger partial charge on any atom is -0.398 e.